The second-order valence-electron chi connectivity index (χ2n) is 7.16. The average Bonchev–Trinajstić information content (AvgIpc) is 3.20. The molecule has 0 aliphatic carbocycles. The topological polar surface area (TPSA) is 67.2 Å². The summed E-state index contributed by atoms with van der Waals surface area (Å²) in [7, 11) is 0. The SMILES string of the molecule is CCCNC(=O)c1ccc(CN2C(=O)CCn3nc(-c4ccccc4)cc32)cc1. The van der Waals surface area contributed by atoms with E-state index in [1.165, 1.54) is 0 Å². The van der Waals surface area contributed by atoms with E-state index in [2.05, 4.69) is 10.4 Å². The van der Waals surface area contributed by atoms with Crippen LogP contribution >= 0.6 is 0 Å². The molecule has 1 aromatic heterocycles. The molecule has 0 bridgehead atoms. The van der Waals surface area contributed by atoms with Crippen molar-refractivity contribution in [2.24, 2.45) is 0 Å². The van der Waals surface area contributed by atoms with Crippen LogP contribution in [0.25, 0.3) is 11.3 Å². The van der Waals surface area contributed by atoms with Crippen LogP contribution in [0.5, 0.6) is 0 Å². The summed E-state index contributed by atoms with van der Waals surface area (Å²) >= 11 is 0. The minimum Gasteiger partial charge on any atom is -0.352 e. The van der Waals surface area contributed by atoms with Crippen LogP contribution in [0, 0.1) is 0 Å². The fraction of sp³-hybridized carbons (Fsp3) is 0.261. The smallest absolute Gasteiger partial charge is 0.251 e. The highest BCUT2D eigenvalue weighted by Gasteiger charge is 2.26. The average molecular weight is 388 g/mol. The molecule has 3 aromatic rings. The number of fused-ring (bicyclic) bond motifs is 1. The highest BCUT2D eigenvalue weighted by atomic mass is 16.2. The van der Waals surface area contributed by atoms with Gasteiger partial charge >= 0.3 is 0 Å². The number of nitrogens with zero attached hydrogens (tertiary/aromatic N) is 3. The van der Waals surface area contributed by atoms with Crippen molar-refractivity contribution in [1.29, 1.82) is 0 Å². The van der Waals surface area contributed by atoms with E-state index in [-0.39, 0.29) is 11.8 Å². The van der Waals surface area contributed by atoms with Gasteiger partial charge in [0.1, 0.15) is 5.82 Å². The summed E-state index contributed by atoms with van der Waals surface area (Å²) in [6.45, 7) is 3.73. The Morgan fingerprint density at radius 1 is 1.10 bits per heavy atom. The molecule has 6 heteroatoms. The van der Waals surface area contributed by atoms with Gasteiger partial charge in [-0.3, -0.25) is 14.5 Å². The first-order valence-corrected chi connectivity index (χ1v) is 9.96. The molecule has 2 heterocycles. The van der Waals surface area contributed by atoms with E-state index < -0.39 is 0 Å². The van der Waals surface area contributed by atoms with E-state index in [1.807, 2.05) is 60.1 Å². The molecule has 0 spiro atoms. The second-order valence-corrected chi connectivity index (χ2v) is 7.16. The summed E-state index contributed by atoms with van der Waals surface area (Å²) in [5.41, 5.74) is 3.50. The van der Waals surface area contributed by atoms with Gasteiger partial charge in [0.25, 0.3) is 5.91 Å². The quantitative estimate of drug-likeness (QED) is 0.701. The van der Waals surface area contributed by atoms with Crippen molar-refractivity contribution in [3.05, 3.63) is 71.8 Å². The summed E-state index contributed by atoms with van der Waals surface area (Å²) in [6.07, 6.45) is 1.33. The van der Waals surface area contributed by atoms with Crippen molar-refractivity contribution in [1.82, 2.24) is 15.1 Å². The Kier molecular flexibility index (Phi) is 5.42. The van der Waals surface area contributed by atoms with Gasteiger partial charge in [0.15, 0.2) is 0 Å². The van der Waals surface area contributed by atoms with E-state index in [4.69, 9.17) is 0 Å². The minimum atomic E-state index is -0.0713. The number of hydrogen-bond acceptors (Lipinski definition) is 3. The van der Waals surface area contributed by atoms with Crippen LogP contribution in [0.15, 0.2) is 60.7 Å². The number of nitrogens with one attached hydrogen (secondary N) is 1. The molecule has 0 radical (unpaired) electrons. The van der Waals surface area contributed by atoms with Crippen molar-refractivity contribution in [3.63, 3.8) is 0 Å². The zero-order valence-electron chi connectivity index (χ0n) is 16.5. The number of carbonyl (C=O) groups is 2. The highest BCUT2D eigenvalue weighted by Crippen LogP contribution is 2.29. The molecule has 0 unspecified atom stereocenters. The second kappa shape index (κ2) is 8.31. The maximum absolute atomic E-state index is 12.6. The molecule has 1 N–H and O–H groups in total. The normalized spacial score (nSPS) is 13.3. The number of anilines is 1. The van der Waals surface area contributed by atoms with E-state index in [1.54, 1.807) is 17.0 Å². The van der Waals surface area contributed by atoms with Gasteiger partial charge in [-0.1, -0.05) is 49.4 Å². The molecule has 148 valence electrons. The molecule has 0 atom stereocenters. The van der Waals surface area contributed by atoms with Gasteiger partial charge in [0.2, 0.25) is 5.91 Å². The van der Waals surface area contributed by atoms with Gasteiger partial charge < -0.3 is 5.32 Å². The molecule has 2 aromatic carbocycles. The molecule has 6 nitrogen and oxygen atoms in total. The Bertz CT molecular complexity index is 1010. The fourth-order valence-corrected chi connectivity index (χ4v) is 3.46. The Balaban J connectivity index is 1.54. The predicted octanol–water partition coefficient (Wildman–Crippen LogP) is 3.63. The first-order chi connectivity index (χ1) is 14.2. The van der Waals surface area contributed by atoms with Crippen molar-refractivity contribution >= 4 is 17.6 Å². The number of hydrogen-bond donors (Lipinski definition) is 1. The maximum atomic E-state index is 12.6. The summed E-state index contributed by atoms with van der Waals surface area (Å²) in [4.78, 5) is 26.5. The van der Waals surface area contributed by atoms with E-state index >= 15 is 0 Å². The highest BCUT2D eigenvalue weighted by molar-refractivity contribution is 5.95. The van der Waals surface area contributed by atoms with Crippen molar-refractivity contribution in [2.75, 3.05) is 11.4 Å². The number of carbonyl (C=O) groups excluding carboxylic acids is 2. The van der Waals surface area contributed by atoms with Crippen LogP contribution in [0.2, 0.25) is 0 Å². The van der Waals surface area contributed by atoms with Gasteiger partial charge in [-0.05, 0) is 24.1 Å². The van der Waals surface area contributed by atoms with Crippen LogP contribution < -0.4 is 10.2 Å². The van der Waals surface area contributed by atoms with Gasteiger partial charge in [-0.2, -0.15) is 5.10 Å². The Morgan fingerprint density at radius 2 is 1.86 bits per heavy atom. The minimum absolute atomic E-state index is 0.0713. The van der Waals surface area contributed by atoms with Crippen LogP contribution in [-0.4, -0.2) is 28.1 Å². The van der Waals surface area contributed by atoms with Crippen LogP contribution in [0.1, 0.15) is 35.7 Å². The predicted molar refractivity (Wildman–Crippen MR) is 113 cm³/mol. The lowest BCUT2D eigenvalue weighted by Crippen LogP contribution is -2.36. The maximum Gasteiger partial charge on any atom is 0.251 e. The third kappa shape index (κ3) is 4.06. The van der Waals surface area contributed by atoms with Gasteiger partial charge in [-0.15, -0.1) is 0 Å². The first kappa shape index (κ1) is 18.9. The zero-order valence-corrected chi connectivity index (χ0v) is 16.5. The lowest BCUT2D eigenvalue weighted by molar-refractivity contribution is -0.119. The molecule has 0 saturated heterocycles. The number of amides is 2. The van der Waals surface area contributed by atoms with Crippen LogP contribution in [0.3, 0.4) is 0 Å². The van der Waals surface area contributed by atoms with Crippen molar-refractivity contribution in [3.8, 4) is 11.3 Å². The molecular formula is C23H24N4O2. The van der Waals surface area contributed by atoms with Gasteiger partial charge in [0.05, 0.1) is 18.8 Å². The van der Waals surface area contributed by atoms with E-state index in [0.717, 1.165) is 29.1 Å². The molecule has 0 fully saturated rings. The third-order valence-corrected chi connectivity index (χ3v) is 5.04. The zero-order chi connectivity index (χ0) is 20.2. The molecular weight excluding hydrogens is 364 g/mol. The summed E-state index contributed by atoms with van der Waals surface area (Å²) in [5.74, 6) is 0.824. The number of aryl methyl sites for hydroxylation is 1. The number of rotatable bonds is 6. The molecule has 0 saturated carbocycles. The van der Waals surface area contributed by atoms with Crippen LogP contribution in [0.4, 0.5) is 5.82 Å². The lowest BCUT2D eigenvalue weighted by Gasteiger charge is -2.27. The molecule has 1 aliphatic heterocycles. The third-order valence-electron chi connectivity index (χ3n) is 5.04. The number of aromatic nitrogens is 2. The molecule has 4 rings (SSSR count). The van der Waals surface area contributed by atoms with Crippen LogP contribution in [-0.2, 0) is 17.9 Å². The van der Waals surface area contributed by atoms with E-state index in [0.29, 0.717) is 31.6 Å². The first-order valence-electron chi connectivity index (χ1n) is 9.96. The Morgan fingerprint density at radius 3 is 2.59 bits per heavy atom. The van der Waals surface area contributed by atoms with Gasteiger partial charge in [-0.25, -0.2) is 4.68 Å². The Hall–Kier alpha value is -3.41. The molecule has 1 aliphatic rings. The fourth-order valence-electron chi connectivity index (χ4n) is 3.46. The number of benzene rings is 2. The van der Waals surface area contributed by atoms with Crippen molar-refractivity contribution < 1.29 is 9.59 Å². The van der Waals surface area contributed by atoms with Gasteiger partial charge in [0, 0.05) is 30.2 Å². The summed E-state index contributed by atoms with van der Waals surface area (Å²) in [5, 5.41) is 7.56. The van der Waals surface area contributed by atoms with Crippen molar-refractivity contribution in [2.45, 2.75) is 32.9 Å². The molecule has 2 amide bonds. The standard InChI is InChI=1S/C23H24N4O2/c1-2-13-24-23(29)19-10-8-17(9-11-19)16-26-21-15-20(18-6-4-3-5-7-18)25-27(21)14-12-22(26)28/h3-11,15H,2,12-14,16H2,1H3,(H,24,29). The summed E-state index contributed by atoms with van der Waals surface area (Å²) in [6, 6.07) is 19.4. The Labute approximate surface area is 170 Å². The lowest BCUT2D eigenvalue weighted by atomic mass is 10.1. The van der Waals surface area contributed by atoms with E-state index in [9.17, 15) is 9.59 Å². The largest absolute Gasteiger partial charge is 0.352 e. The molecule has 29 heavy (non-hydrogen) atoms. The monoisotopic (exact) mass is 388 g/mol. The summed E-state index contributed by atoms with van der Waals surface area (Å²) < 4.78 is 1.90.